The van der Waals surface area contributed by atoms with Crippen LogP contribution in [-0.4, -0.2) is 39.7 Å². The molecule has 1 atom stereocenters. The maximum atomic E-state index is 12.1. The fourth-order valence-electron chi connectivity index (χ4n) is 2.09. The van der Waals surface area contributed by atoms with Gasteiger partial charge in [-0.1, -0.05) is 12.1 Å². The lowest BCUT2D eigenvalue weighted by Crippen LogP contribution is -2.37. The Kier molecular flexibility index (Phi) is 4.83. The highest BCUT2D eigenvalue weighted by Crippen LogP contribution is 2.21. The van der Waals surface area contributed by atoms with Gasteiger partial charge in [-0.2, -0.15) is 5.10 Å². The van der Waals surface area contributed by atoms with E-state index in [0.29, 0.717) is 5.56 Å². The molecule has 0 radical (unpaired) electrons. The standard InChI is InChI=1S/C17H21N3O3/c1-17(2,3)23-16(22)19(4)15(12-21)13-6-8-14(9-7-13)20-11-5-10-18-20/h5-12,15H,1-4H3. The van der Waals surface area contributed by atoms with Crippen molar-refractivity contribution in [3.63, 3.8) is 0 Å². The molecular formula is C17H21N3O3. The molecule has 0 aliphatic carbocycles. The maximum Gasteiger partial charge on any atom is 0.410 e. The number of carbonyl (C=O) groups is 2. The molecule has 1 unspecified atom stereocenters. The van der Waals surface area contributed by atoms with Gasteiger partial charge < -0.3 is 9.53 Å². The zero-order chi connectivity index (χ0) is 17.0. The van der Waals surface area contributed by atoms with Crippen LogP contribution in [0.25, 0.3) is 5.69 Å². The van der Waals surface area contributed by atoms with Crippen molar-refractivity contribution in [3.8, 4) is 5.69 Å². The number of likely N-dealkylation sites (N-methyl/N-ethyl adjacent to an activating group) is 1. The first-order valence-electron chi connectivity index (χ1n) is 7.33. The van der Waals surface area contributed by atoms with Gasteiger partial charge in [0.15, 0.2) is 0 Å². The summed E-state index contributed by atoms with van der Waals surface area (Å²) in [5, 5.41) is 4.15. The van der Waals surface area contributed by atoms with Crippen molar-refractivity contribution in [2.24, 2.45) is 0 Å². The molecule has 122 valence electrons. The summed E-state index contributed by atoms with van der Waals surface area (Å²) in [6.07, 6.45) is 3.72. The van der Waals surface area contributed by atoms with Crippen LogP contribution in [0.3, 0.4) is 0 Å². The van der Waals surface area contributed by atoms with E-state index in [1.54, 1.807) is 50.8 Å². The molecule has 0 N–H and O–H groups in total. The number of amides is 1. The van der Waals surface area contributed by atoms with Gasteiger partial charge in [-0.05, 0) is 44.5 Å². The summed E-state index contributed by atoms with van der Waals surface area (Å²) in [5.41, 5.74) is 0.982. The lowest BCUT2D eigenvalue weighted by Gasteiger charge is -2.28. The number of nitrogens with zero attached hydrogens (tertiary/aromatic N) is 3. The molecule has 0 aliphatic rings. The first-order chi connectivity index (χ1) is 10.8. The predicted molar refractivity (Wildman–Crippen MR) is 86.4 cm³/mol. The van der Waals surface area contributed by atoms with Crippen molar-refractivity contribution in [2.45, 2.75) is 32.4 Å². The topological polar surface area (TPSA) is 64.4 Å². The van der Waals surface area contributed by atoms with Crippen molar-refractivity contribution in [3.05, 3.63) is 48.3 Å². The number of rotatable bonds is 4. The van der Waals surface area contributed by atoms with Gasteiger partial charge >= 0.3 is 6.09 Å². The van der Waals surface area contributed by atoms with E-state index in [2.05, 4.69) is 5.10 Å². The molecule has 0 fully saturated rings. The summed E-state index contributed by atoms with van der Waals surface area (Å²) >= 11 is 0. The third-order valence-electron chi connectivity index (χ3n) is 3.23. The van der Waals surface area contributed by atoms with Gasteiger partial charge in [0.05, 0.1) is 5.69 Å². The Balaban J connectivity index is 2.17. The molecule has 0 aliphatic heterocycles. The molecule has 0 bridgehead atoms. The van der Waals surface area contributed by atoms with E-state index in [1.807, 2.05) is 24.4 Å². The van der Waals surface area contributed by atoms with Gasteiger partial charge in [0.25, 0.3) is 0 Å². The van der Waals surface area contributed by atoms with Gasteiger partial charge in [0.1, 0.15) is 17.9 Å². The Labute approximate surface area is 135 Å². The van der Waals surface area contributed by atoms with Gasteiger partial charge in [-0.15, -0.1) is 0 Å². The first kappa shape index (κ1) is 16.7. The molecule has 23 heavy (non-hydrogen) atoms. The van der Waals surface area contributed by atoms with E-state index < -0.39 is 17.7 Å². The number of ether oxygens (including phenoxy) is 1. The highest BCUT2D eigenvalue weighted by Gasteiger charge is 2.26. The minimum Gasteiger partial charge on any atom is -0.444 e. The summed E-state index contributed by atoms with van der Waals surface area (Å²) in [6.45, 7) is 5.36. The normalized spacial score (nSPS) is 12.5. The predicted octanol–water partition coefficient (Wildman–Crippen LogP) is 2.98. The van der Waals surface area contributed by atoms with Crippen LogP contribution in [-0.2, 0) is 9.53 Å². The van der Waals surface area contributed by atoms with Crippen LogP contribution in [0.4, 0.5) is 4.79 Å². The summed E-state index contributed by atoms with van der Waals surface area (Å²) in [5.74, 6) is 0. The Hall–Kier alpha value is -2.63. The molecule has 1 aromatic heterocycles. The number of aldehydes is 1. The van der Waals surface area contributed by atoms with Crippen LogP contribution in [0.15, 0.2) is 42.7 Å². The van der Waals surface area contributed by atoms with Crippen molar-refractivity contribution < 1.29 is 14.3 Å². The van der Waals surface area contributed by atoms with Gasteiger partial charge in [0, 0.05) is 19.4 Å². The van der Waals surface area contributed by atoms with Gasteiger partial charge in [0.2, 0.25) is 0 Å². The summed E-state index contributed by atoms with van der Waals surface area (Å²) in [4.78, 5) is 24.9. The minimum absolute atomic E-state index is 0.536. The molecule has 0 saturated carbocycles. The molecule has 2 aromatic rings. The number of benzene rings is 1. The molecule has 0 saturated heterocycles. The fraction of sp³-hybridized carbons (Fsp3) is 0.353. The summed E-state index contributed by atoms with van der Waals surface area (Å²) in [7, 11) is 1.55. The van der Waals surface area contributed by atoms with E-state index in [1.165, 1.54) is 4.90 Å². The molecule has 2 rings (SSSR count). The Morgan fingerprint density at radius 1 is 1.30 bits per heavy atom. The number of carbonyl (C=O) groups excluding carboxylic acids is 2. The molecular weight excluding hydrogens is 294 g/mol. The summed E-state index contributed by atoms with van der Waals surface area (Å²) < 4.78 is 7.02. The fourth-order valence-corrected chi connectivity index (χ4v) is 2.09. The third kappa shape index (κ3) is 4.18. The molecule has 1 aromatic carbocycles. The van der Waals surface area contributed by atoms with E-state index in [9.17, 15) is 9.59 Å². The largest absolute Gasteiger partial charge is 0.444 e. The second-order valence-corrected chi connectivity index (χ2v) is 6.21. The van der Waals surface area contributed by atoms with Crippen LogP contribution < -0.4 is 0 Å². The van der Waals surface area contributed by atoms with Crippen molar-refractivity contribution in [1.29, 1.82) is 0 Å². The molecule has 6 heteroatoms. The average molecular weight is 315 g/mol. The second kappa shape index (κ2) is 6.64. The van der Waals surface area contributed by atoms with E-state index in [-0.39, 0.29) is 0 Å². The van der Waals surface area contributed by atoms with E-state index in [4.69, 9.17) is 4.74 Å². The molecule has 1 heterocycles. The highest BCUT2D eigenvalue weighted by atomic mass is 16.6. The third-order valence-corrected chi connectivity index (χ3v) is 3.23. The maximum absolute atomic E-state index is 12.1. The van der Waals surface area contributed by atoms with Crippen molar-refractivity contribution in [2.75, 3.05) is 7.05 Å². The highest BCUT2D eigenvalue weighted by molar-refractivity contribution is 5.74. The molecule has 0 spiro atoms. The van der Waals surface area contributed by atoms with E-state index in [0.717, 1.165) is 12.0 Å². The number of hydrogen-bond acceptors (Lipinski definition) is 4. The smallest absolute Gasteiger partial charge is 0.410 e. The van der Waals surface area contributed by atoms with Crippen molar-refractivity contribution in [1.82, 2.24) is 14.7 Å². The lowest BCUT2D eigenvalue weighted by atomic mass is 10.1. The van der Waals surface area contributed by atoms with Gasteiger partial charge in [-0.25, -0.2) is 9.48 Å². The Morgan fingerprint density at radius 2 is 1.96 bits per heavy atom. The van der Waals surface area contributed by atoms with Gasteiger partial charge in [-0.3, -0.25) is 4.90 Å². The average Bonchev–Trinajstić information content (AvgIpc) is 3.01. The first-order valence-corrected chi connectivity index (χ1v) is 7.33. The lowest BCUT2D eigenvalue weighted by molar-refractivity contribution is -0.112. The summed E-state index contributed by atoms with van der Waals surface area (Å²) in [6, 6.07) is 8.44. The van der Waals surface area contributed by atoms with Crippen LogP contribution in [0, 0.1) is 0 Å². The number of aromatic nitrogens is 2. The van der Waals surface area contributed by atoms with Crippen LogP contribution in [0.1, 0.15) is 32.4 Å². The molecule has 6 nitrogen and oxygen atoms in total. The number of hydrogen-bond donors (Lipinski definition) is 0. The zero-order valence-electron chi connectivity index (χ0n) is 13.8. The van der Waals surface area contributed by atoms with E-state index >= 15 is 0 Å². The van der Waals surface area contributed by atoms with Crippen LogP contribution >= 0.6 is 0 Å². The van der Waals surface area contributed by atoms with Crippen LogP contribution in [0.5, 0.6) is 0 Å². The SMILES string of the molecule is CN(C(=O)OC(C)(C)C)C(C=O)c1ccc(-n2cccn2)cc1. The molecule has 1 amide bonds. The zero-order valence-corrected chi connectivity index (χ0v) is 13.8. The monoisotopic (exact) mass is 315 g/mol. The van der Waals surface area contributed by atoms with Crippen LogP contribution in [0.2, 0.25) is 0 Å². The Morgan fingerprint density at radius 3 is 2.43 bits per heavy atom. The quantitative estimate of drug-likeness (QED) is 0.814. The minimum atomic E-state index is -0.698. The second-order valence-electron chi connectivity index (χ2n) is 6.21. The van der Waals surface area contributed by atoms with Crippen molar-refractivity contribution >= 4 is 12.4 Å². The Bertz CT molecular complexity index is 657.